The third kappa shape index (κ3) is 2.20. The Balaban J connectivity index is 1.83. The molecule has 0 N–H and O–H groups in total. The first-order valence-electron chi connectivity index (χ1n) is 7.53. The number of carbonyl (C=O) groups excluding carboxylic acids is 1. The number of amides is 1. The van der Waals surface area contributed by atoms with E-state index in [-0.39, 0.29) is 5.91 Å². The van der Waals surface area contributed by atoms with Crippen LogP contribution < -0.4 is 0 Å². The van der Waals surface area contributed by atoms with E-state index in [9.17, 15) is 4.79 Å². The molecule has 1 aromatic carbocycles. The van der Waals surface area contributed by atoms with Crippen LogP contribution in [0.1, 0.15) is 54.9 Å². The predicted molar refractivity (Wildman–Crippen MR) is 77.2 cm³/mol. The molecule has 1 saturated carbocycles. The smallest absolute Gasteiger partial charge is 0.254 e. The lowest BCUT2D eigenvalue weighted by molar-refractivity contribution is 0.0633. The van der Waals surface area contributed by atoms with Crippen LogP contribution in [0.4, 0.5) is 0 Å². The maximum absolute atomic E-state index is 12.8. The quantitative estimate of drug-likeness (QED) is 0.784. The minimum Gasteiger partial charge on any atom is -0.333 e. The van der Waals surface area contributed by atoms with Gasteiger partial charge in [-0.15, -0.1) is 0 Å². The van der Waals surface area contributed by atoms with Crippen LogP contribution in [-0.2, 0) is 0 Å². The van der Waals surface area contributed by atoms with Gasteiger partial charge < -0.3 is 4.90 Å². The van der Waals surface area contributed by atoms with Gasteiger partial charge in [-0.2, -0.15) is 5.26 Å². The Morgan fingerprint density at radius 2 is 1.95 bits per heavy atom. The minimum atomic E-state index is 0.136. The average molecular weight is 268 g/mol. The fraction of sp³-hybridized carbons (Fsp3) is 0.529. The van der Waals surface area contributed by atoms with E-state index in [0.717, 1.165) is 12.8 Å². The molecule has 0 radical (unpaired) electrons. The summed E-state index contributed by atoms with van der Waals surface area (Å²) in [6.45, 7) is 2.17. The molecule has 1 heterocycles. The molecule has 3 nitrogen and oxygen atoms in total. The highest BCUT2D eigenvalue weighted by Crippen LogP contribution is 2.40. The SMILES string of the molecule is CC1CC2CCCCC2N1C(=O)c1ccc(C#N)cc1. The molecule has 1 amide bonds. The van der Waals surface area contributed by atoms with Crippen LogP contribution in [-0.4, -0.2) is 22.9 Å². The Morgan fingerprint density at radius 1 is 1.25 bits per heavy atom. The van der Waals surface area contributed by atoms with Gasteiger partial charge in [0.25, 0.3) is 5.91 Å². The van der Waals surface area contributed by atoms with E-state index in [1.807, 2.05) is 0 Å². The zero-order valence-electron chi connectivity index (χ0n) is 11.9. The topological polar surface area (TPSA) is 44.1 Å². The number of carbonyl (C=O) groups is 1. The molecular formula is C17H20N2O. The Hall–Kier alpha value is -1.82. The zero-order chi connectivity index (χ0) is 14.1. The van der Waals surface area contributed by atoms with Gasteiger partial charge in [0, 0.05) is 17.6 Å². The van der Waals surface area contributed by atoms with Crippen LogP contribution in [0.3, 0.4) is 0 Å². The Kier molecular flexibility index (Phi) is 3.48. The first-order valence-corrected chi connectivity index (χ1v) is 7.53. The zero-order valence-corrected chi connectivity index (χ0v) is 11.9. The van der Waals surface area contributed by atoms with E-state index in [4.69, 9.17) is 5.26 Å². The second-order valence-corrected chi connectivity index (χ2v) is 6.10. The highest BCUT2D eigenvalue weighted by molar-refractivity contribution is 5.95. The van der Waals surface area contributed by atoms with Gasteiger partial charge in [-0.1, -0.05) is 12.8 Å². The Morgan fingerprint density at radius 3 is 2.65 bits per heavy atom. The monoisotopic (exact) mass is 268 g/mol. The van der Waals surface area contributed by atoms with Gasteiger partial charge in [-0.25, -0.2) is 0 Å². The van der Waals surface area contributed by atoms with Gasteiger partial charge in [0.2, 0.25) is 0 Å². The standard InChI is InChI=1S/C17H20N2O/c1-12-10-15-4-2-3-5-16(15)19(12)17(20)14-8-6-13(11-18)7-9-14/h6-9,12,15-16H,2-5,10H2,1H3. The van der Waals surface area contributed by atoms with E-state index in [0.29, 0.717) is 29.1 Å². The van der Waals surface area contributed by atoms with Crippen molar-refractivity contribution in [2.24, 2.45) is 5.92 Å². The molecule has 3 heteroatoms. The van der Waals surface area contributed by atoms with Crippen molar-refractivity contribution in [2.45, 2.75) is 51.1 Å². The van der Waals surface area contributed by atoms with E-state index in [2.05, 4.69) is 17.9 Å². The average Bonchev–Trinajstić information content (AvgIpc) is 2.82. The molecule has 104 valence electrons. The summed E-state index contributed by atoms with van der Waals surface area (Å²) in [4.78, 5) is 14.9. The van der Waals surface area contributed by atoms with Crippen molar-refractivity contribution in [3.8, 4) is 6.07 Å². The summed E-state index contributed by atoms with van der Waals surface area (Å²) in [7, 11) is 0. The van der Waals surface area contributed by atoms with Crippen molar-refractivity contribution in [1.82, 2.24) is 4.90 Å². The Bertz CT molecular complexity index is 543. The van der Waals surface area contributed by atoms with Gasteiger partial charge in [0.05, 0.1) is 11.6 Å². The number of hydrogen-bond acceptors (Lipinski definition) is 2. The second kappa shape index (κ2) is 5.28. The van der Waals surface area contributed by atoms with Gasteiger partial charge in [0.15, 0.2) is 0 Å². The number of rotatable bonds is 1. The van der Waals surface area contributed by atoms with Crippen molar-refractivity contribution < 1.29 is 4.79 Å². The highest BCUT2D eigenvalue weighted by atomic mass is 16.2. The summed E-state index contributed by atoms with van der Waals surface area (Å²) in [6.07, 6.45) is 6.12. The van der Waals surface area contributed by atoms with Crippen molar-refractivity contribution in [3.63, 3.8) is 0 Å². The van der Waals surface area contributed by atoms with Crippen molar-refractivity contribution in [1.29, 1.82) is 5.26 Å². The molecule has 1 aromatic rings. The third-order valence-corrected chi connectivity index (χ3v) is 4.84. The fourth-order valence-electron chi connectivity index (χ4n) is 3.89. The molecule has 3 rings (SSSR count). The molecule has 1 saturated heterocycles. The van der Waals surface area contributed by atoms with Crippen LogP contribution >= 0.6 is 0 Å². The normalized spacial score (nSPS) is 28.8. The lowest BCUT2D eigenvalue weighted by Crippen LogP contribution is -2.42. The van der Waals surface area contributed by atoms with E-state index >= 15 is 0 Å². The maximum Gasteiger partial charge on any atom is 0.254 e. The molecule has 2 fully saturated rings. The molecule has 3 atom stereocenters. The highest BCUT2D eigenvalue weighted by Gasteiger charge is 2.42. The number of benzene rings is 1. The molecule has 1 aliphatic carbocycles. The lowest BCUT2D eigenvalue weighted by atomic mass is 9.85. The Labute approximate surface area is 120 Å². The number of fused-ring (bicyclic) bond motifs is 1. The number of nitriles is 1. The molecule has 0 spiro atoms. The molecular weight excluding hydrogens is 248 g/mol. The number of nitrogens with zero attached hydrogens (tertiary/aromatic N) is 2. The first-order chi connectivity index (χ1) is 9.70. The number of hydrogen-bond donors (Lipinski definition) is 0. The van der Waals surface area contributed by atoms with Crippen LogP contribution in [0, 0.1) is 17.2 Å². The molecule has 2 aliphatic rings. The lowest BCUT2D eigenvalue weighted by Gasteiger charge is -2.33. The summed E-state index contributed by atoms with van der Waals surface area (Å²) in [6, 6.07) is 9.88. The molecule has 3 unspecified atom stereocenters. The van der Waals surface area contributed by atoms with Crippen molar-refractivity contribution >= 4 is 5.91 Å². The fourth-order valence-corrected chi connectivity index (χ4v) is 3.89. The second-order valence-electron chi connectivity index (χ2n) is 6.10. The van der Waals surface area contributed by atoms with Crippen LogP contribution in [0.5, 0.6) is 0 Å². The first kappa shape index (κ1) is 13.2. The maximum atomic E-state index is 12.8. The van der Waals surface area contributed by atoms with Gasteiger partial charge >= 0.3 is 0 Å². The van der Waals surface area contributed by atoms with Gasteiger partial charge in [-0.05, 0) is 56.4 Å². The van der Waals surface area contributed by atoms with Gasteiger partial charge in [0.1, 0.15) is 0 Å². The number of likely N-dealkylation sites (tertiary alicyclic amines) is 1. The van der Waals surface area contributed by atoms with E-state index < -0.39 is 0 Å². The summed E-state index contributed by atoms with van der Waals surface area (Å²) < 4.78 is 0. The molecule has 20 heavy (non-hydrogen) atoms. The van der Waals surface area contributed by atoms with Crippen molar-refractivity contribution in [2.75, 3.05) is 0 Å². The van der Waals surface area contributed by atoms with Crippen LogP contribution in [0.15, 0.2) is 24.3 Å². The largest absolute Gasteiger partial charge is 0.333 e. The van der Waals surface area contributed by atoms with Crippen LogP contribution in [0.25, 0.3) is 0 Å². The molecule has 0 aromatic heterocycles. The van der Waals surface area contributed by atoms with E-state index in [1.54, 1.807) is 24.3 Å². The van der Waals surface area contributed by atoms with Crippen LogP contribution in [0.2, 0.25) is 0 Å². The summed E-state index contributed by atoms with van der Waals surface area (Å²) in [5.74, 6) is 0.831. The van der Waals surface area contributed by atoms with Gasteiger partial charge in [-0.3, -0.25) is 4.79 Å². The molecule has 0 bridgehead atoms. The predicted octanol–water partition coefficient (Wildman–Crippen LogP) is 3.35. The summed E-state index contributed by atoms with van der Waals surface area (Å²) in [5, 5.41) is 8.83. The van der Waals surface area contributed by atoms with Crippen molar-refractivity contribution in [3.05, 3.63) is 35.4 Å². The summed E-state index contributed by atoms with van der Waals surface area (Å²) >= 11 is 0. The molecule has 1 aliphatic heterocycles. The minimum absolute atomic E-state index is 0.136. The van der Waals surface area contributed by atoms with E-state index in [1.165, 1.54) is 19.3 Å². The third-order valence-electron chi connectivity index (χ3n) is 4.84. The summed E-state index contributed by atoms with van der Waals surface area (Å²) in [5.41, 5.74) is 1.31.